The van der Waals surface area contributed by atoms with Gasteiger partial charge in [0.25, 0.3) is 0 Å². The lowest BCUT2D eigenvalue weighted by molar-refractivity contribution is -0.124. The lowest BCUT2D eigenvalue weighted by Gasteiger charge is -2.33. The summed E-state index contributed by atoms with van der Waals surface area (Å²) in [5.74, 6) is 3.88. The van der Waals surface area contributed by atoms with Crippen molar-refractivity contribution < 1.29 is 4.79 Å². The molecule has 9 heteroatoms. The summed E-state index contributed by atoms with van der Waals surface area (Å²) in [6, 6.07) is 14.1. The Balaban J connectivity index is 1.13. The molecule has 46 heavy (non-hydrogen) atoms. The average Bonchev–Trinajstić information content (AvgIpc) is 3.54. The first kappa shape index (κ1) is 30.8. The molecule has 1 N–H and O–H groups in total. The summed E-state index contributed by atoms with van der Waals surface area (Å²) in [4.78, 5) is 36.7. The van der Waals surface area contributed by atoms with Crippen molar-refractivity contribution in [3.05, 3.63) is 120 Å². The minimum Gasteiger partial charge on any atom is -0.351 e. The Morgan fingerprint density at radius 2 is 1.80 bits per heavy atom. The van der Waals surface area contributed by atoms with Crippen LogP contribution in [-0.4, -0.2) is 40.6 Å². The molecule has 1 fully saturated rings. The van der Waals surface area contributed by atoms with Crippen LogP contribution in [0.2, 0.25) is 0 Å². The molecule has 4 heterocycles. The van der Waals surface area contributed by atoms with E-state index in [0.717, 1.165) is 83.7 Å². The highest BCUT2D eigenvalue weighted by molar-refractivity contribution is 5.83. The zero-order valence-electron chi connectivity index (χ0n) is 26.1. The van der Waals surface area contributed by atoms with E-state index in [1.807, 2.05) is 68.1 Å². The van der Waals surface area contributed by atoms with E-state index in [1.165, 1.54) is 0 Å². The van der Waals surface area contributed by atoms with Crippen molar-refractivity contribution in [2.24, 2.45) is 18.9 Å². The molecule has 232 valence electrons. The van der Waals surface area contributed by atoms with Gasteiger partial charge in [0.2, 0.25) is 5.91 Å². The summed E-state index contributed by atoms with van der Waals surface area (Å²) in [6.07, 6.45) is 24.4. The van der Waals surface area contributed by atoms with Gasteiger partial charge in [-0.25, -0.2) is 9.97 Å². The topological polar surface area (TPSA) is 111 Å². The van der Waals surface area contributed by atoms with Crippen molar-refractivity contribution in [3.63, 3.8) is 0 Å². The molecular formula is C37H38N8O. The number of aromatic nitrogens is 7. The first-order valence-corrected chi connectivity index (χ1v) is 15.9. The molecule has 0 saturated heterocycles. The third kappa shape index (κ3) is 7.70. The normalized spacial score (nSPS) is 16.8. The van der Waals surface area contributed by atoms with Gasteiger partial charge in [-0.05, 0) is 62.0 Å². The van der Waals surface area contributed by atoms with Gasteiger partial charge in [-0.15, -0.1) is 6.42 Å². The van der Waals surface area contributed by atoms with Crippen LogP contribution in [0.3, 0.4) is 0 Å². The SMILES string of the molecule is C#Cc1cnc(CC2CCC(C(C(=O)NCc3ccccc3)c3ccc(-c4cnn(C)c4)cn3)CC2)nc1CCc1cnccn1. The van der Waals surface area contributed by atoms with Gasteiger partial charge in [0.1, 0.15) is 5.82 Å². The highest BCUT2D eigenvalue weighted by atomic mass is 16.1. The van der Waals surface area contributed by atoms with E-state index in [-0.39, 0.29) is 17.7 Å². The van der Waals surface area contributed by atoms with Crippen LogP contribution in [-0.2, 0) is 37.6 Å². The Morgan fingerprint density at radius 1 is 0.957 bits per heavy atom. The first-order valence-electron chi connectivity index (χ1n) is 15.9. The lowest BCUT2D eigenvalue weighted by Crippen LogP contribution is -2.35. The Hall–Kier alpha value is -5.23. The van der Waals surface area contributed by atoms with Crippen molar-refractivity contribution in [1.82, 2.24) is 40.0 Å². The minimum atomic E-state index is -0.327. The van der Waals surface area contributed by atoms with E-state index in [0.29, 0.717) is 18.9 Å². The van der Waals surface area contributed by atoms with E-state index >= 15 is 0 Å². The van der Waals surface area contributed by atoms with E-state index in [1.54, 1.807) is 29.5 Å². The average molecular weight is 611 g/mol. The number of hydrogen-bond acceptors (Lipinski definition) is 7. The highest BCUT2D eigenvalue weighted by Gasteiger charge is 2.34. The van der Waals surface area contributed by atoms with Crippen LogP contribution in [0.15, 0.2) is 85.8 Å². The molecule has 1 unspecified atom stereocenters. The molecule has 1 aromatic carbocycles. The summed E-state index contributed by atoms with van der Waals surface area (Å²) < 4.78 is 1.77. The van der Waals surface area contributed by atoms with E-state index in [9.17, 15) is 4.79 Å². The van der Waals surface area contributed by atoms with Crippen LogP contribution in [0, 0.1) is 24.2 Å². The van der Waals surface area contributed by atoms with E-state index < -0.39 is 0 Å². The second kappa shape index (κ2) is 14.7. The van der Waals surface area contributed by atoms with Gasteiger partial charge in [-0.3, -0.25) is 24.4 Å². The van der Waals surface area contributed by atoms with Crippen LogP contribution >= 0.6 is 0 Å². The first-order chi connectivity index (χ1) is 22.6. The molecular weight excluding hydrogens is 572 g/mol. The van der Waals surface area contributed by atoms with Crippen molar-refractivity contribution in [2.45, 2.75) is 57.4 Å². The highest BCUT2D eigenvalue weighted by Crippen LogP contribution is 2.39. The van der Waals surface area contributed by atoms with Crippen molar-refractivity contribution >= 4 is 5.91 Å². The zero-order chi connectivity index (χ0) is 31.7. The molecule has 4 aromatic heterocycles. The monoisotopic (exact) mass is 610 g/mol. The van der Waals surface area contributed by atoms with E-state index in [2.05, 4.69) is 31.3 Å². The fourth-order valence-electron chi connectivity index (χ4n) is 6.37. The summed E-state index contributed by atoms with van der Waals surface area (Å²) >= 11 is 0. The fraction of sp³-hybridized carbons (Fsp3) is 0.324. The molecule has 1 aliphatic carbocycles. The van der Waals surface area contributed by atoms with Crippen LogP contribution in [0.5, 0.6) is 0 Å². The summed E-state index contributed by atoms with van der Waals surface area (Å²) in [6.45, 7) is 0.490. The third-order valence-corrected chi connectivity index (χ3v) is 8.88. The molecule has 1 atom stereocenters. The van der Waals surface area contributed by atoms with E-state index in [4.69, 9.17) is 16.4 Å². The number of aryl methyl sites for hydroxylation is 3. The van der Waals surface area contributed by atoms with Gasteiger partial charge in [0, 0.05) is 68.3 Å². The molecule has 0 bridgehead atoms. The Kier molecular flexibility index (Phi) is 9.84. The second-order valence-electron chi connectivity index (χ2n) is 12.0. The number of benzene rings is 1. The number of nitrogens with zero attached hydrogens (tertiary/aromatic N) is 7. The van der Waals surface area contributed by atoms with Gasteiger partial charge in [-0.2, -0.15) is 5.10 Å². The number of amides is 1. The summed E-state index contributed by atoms with van der Waals surface area (Å²) in [7, 11) is 1.90. The Labute approximate surface area is 270 Å². The molecule has 0 aliphatic heterocycles. The number of carbonyl (C=O) groups excluding carboxylic acids is 1. The van der Waals surface area contributed by atoms with Crippen LogP contribution in [0.4, 0.5) is 0 Å². The van der Waals surface area contributed by atoms with Gasteiger partial charge in [0.15, 0.2) is 0 Å². The third-order valence-electron chi connectivity index (χ3n) is 8.88. The maximum Gasteiger partial charge on any atom is 0.229 e. The molecule has 6 rings (SSSR count). The molecule has 9 nitrogen and oxygen atoms in total. The van der Waals surface area contributed by atoms with Crippen LogP contribution in [0.1, 0.15) is 65.6 Å². The number of terminal acetylenes is 1. The minimum absolute atomic E-state index is 0.0230. The smallest absolute Gasteiger partial charge is 0.229 e. The largest absolute Gasteiger partial charge is 0.351 e. The van der Waals surface area contributed by atoms with Crippen LogP contribution < -0.4 is 5.32 Å². The molecule has 1 saturated carbocycles. The van der Waals surface area contributed by atoms with Crippen molar-refractivity contribution in [1.29, 1.82) is 0 Å². The molecule has 1 amide bonds. The molecule has 1 aliphatic rings. The predicted molar refractivity (Wildman–Crippen MR) is 176 cm³/mol. The fourth-order valence-corrected chi connectivity index (χ4v) is 6.37. The van der Waals surface area contributed by atoms with Crippen LogP contribution in [0.25, 0.3) is 11.1 Å². The van der Waals surface area contributed by atoms with Gasteiger partial charge < -0.3 is 5.32 Å². The number of nitrogens with one attached hydrogen (secondary N) is 1. The zero-order valence-corrected chi connectivity index (χ0v) is 26.1. The number of pyridine rings is 1. The molecule has 0 spiro atoms. The second-order valence-corrected chi connectivity index (χ2v) is 12.0. The van der Waals surface area contributed by atoms with Gasteiger partial charge >= 0.3 is 0 Å². The Morgan fingerprint density at radius 3 is 2.50 bits per heavy atom. The maximum atomic E-state index is 13.8. The Bertz CT molecular complexity index is 1770. The van der Waals surface area contributed by atoms with Crippen molar-refractivity contribution in [3.8, 4) is 23.5 Å². The quantitative estimate of drug-likeness (QED) is 0.203. The number of rotatable bonds is 11. The predicted octanol–water partition coefficient (Wildman–Crippen LogP) is 5.28. The number of carbonyl (C=O) groups is 1. The lowest BCUT2D eigenvalue weighted by atomic mass is 9.73. The van der Waals surface area contributed by atoms with Gasteiger partial charge in [-0.1, -0.05) is 42.3 Å². The number of hydrogen-bond donors (Lipinski definition) is 1. The van der Waals surface area contributed by atoms with Gasteiger partial charge in [0.05, 0.1) is 34.8 Å². The van der Waals surface area contributed by atoms with Crippen molar-refractivity contribution in [2.75, 3.05) is 0 Å². The maximum absolute atomic E-state index is 13.8. The standard InChI is InChI=1S/C37H38N8O/c1-3-28-21-41-35(44-33(28)16-14-32-24-38-17-18-39-32)19-26-9-11-29(12-10-26)36(37(46)42-20-27-7-5-4-6-8-27)34-15-13-30(22-40-34)31-23-43-45(2)25-31/h1,4-8,13,15,17-18,21-26,29,36H,9-12,14,16,19-20H2,2H3,(H,42,46). The molecule has 0 radical (unpaired) electrons. The summed E-state index contributed by atoms with van der Waals surface area (Å²) in [5, 5.41) is 7.48. The molecule has 5 aromatic rings. The summed E-state index contributed by atoms with van der Waals surface area (Å²) in [5.41, 5.74) is 6.38.